The van der Waals surface area contributed by atoms with Crippen LogP contribution in [0, 0.1) is 6.92 Å². The lowest BCUT2D eigenvalue weighted by Gasteiger charge is -2.10. The lowest BCUT2D eigenvalue weighted by atomic mass is 10.4. The average molecular weight is 274 g/mol. The Morgan fingerprint density at radius 2 is 2.12 bits per heavy atom. The van der Waals surface area contributed by atoms with Gasteiger partial charge in [0.05, 0.1) is 4.90 Å². The summed E-state index contributed by atoms with van der Waals surface area (Å²) in [6.07, 6.45) is 2.49. The molecule has 17 heavy (non-hydrogen) atoms. The van der Waals surface area contributed by atoms with Crippen LogP contribution in [0.15, 0.2) is 11.0 Å². The van der Waals surface area contributed by atoms with Crippen LogP contribution in [0.2, 0.25) is 0 Å². The van der Waals surface area contributed by atoms with Crippen molar-refractivity contribution in [1.29, 1.82) is 0 Å². The van der Waals surface area contributed by atoms with Gasteiger partial charge < -0.3 is 5.32 Å². The highest BCUT2D eigenvalue weighted by molar-refractivity contribution is 7.89. The highest BCUT2D eigenvalue weighted by Crippen LogP contribution is 2.28. The standard InChI is InChI=1S/C11H18N2O2S2/c1-8-11(17(14,15)13(2)3)6-10(16-8)7-12-9-4-5-9/h6,9,12H,4-5,7H2,1-3H3. The third-order valence-electron chi connectivity index (χ3n) is 2.82. The van der Waals surface area contributed by atoms with Crippen LogP contribution in [0.5, 0.6) is 0 Å². The predicted molar refractivity (Wildman–Crippen MR) is 69.8 cm³/mol. The molecule has 1 heterocycles. The van der Waals surface area contributed by atoms with E-state index in [-0.39, 0.29) is 0 Å². The van der Waals surface area contributed by atoms with E-state index in [9.17, 15) is 8.42 Å². The number of hydrogen-bond donors (Lipinski definition) is 1. The lowest BCUT2D eigenvalue weighted by Crippen LogP contribution is -2.22. The molecule has 0 bridgehead atoms. The van der Waals surface area contributed by atoms with E-state index in [1.807, 2.05) is 6.92 Å². The molecular weight excluding hydrogens is 256 g/mol. The van der Waals surface area contributed by atoms with Gasteiger partial charge in [-0.15, -0.1) is 11.3 Å². The van der Waals surface area contributed by atoms with Crippen molar-refractivity contribution < 1.29 is 8.42 Å². The van der Waals surface area contributed by atoms with Crippen LogP contribution in [-0.2, 0) is 16.6 Å². The summed E-state index contributed by atoms with van der Waals surface area (Å²) in [4.78, 5) is 2.40. The summed E-state index contributed by atoms with van der Waals surface area (Å²) in [5.41, 5.74) is 0. The van der Waals surface area contributed by atoms with Crippen LogP contribution in [0.3, 0.4) is 0 Å². The normalized spacial score (nSPS) is 16.7. The molecule has 0 radical (unpaired) electrons. The van der Waals surface area contributed by atoms with E-state index in [4.69, 9.17) is 0 Å². The summed E-state index contributed by atoms with van der Waals surface area (Å²) >= 11 is 1.56. The fraction of sp³-hybridized carbons (Fsp3) is 0.636. The zero-order valence-electron chi connectivity index (χ0n) is 10.4. The molecule has 0 spiro atoms. The highest BCUT2D eigenvalue weighted by Gasteiger charge is 2.24. The van der Waals surface area contributed by atoms with Crippen molar-refractivity contribution in [3.8, 4) is 0 Å². The summed E-state index contributed by atoms with van der Waals surface area (Å²) in [7, 11) is -0.166. The maximum atomic E-state index is 12.0. The van der Waals surface area contributed by atoms with Gasteiger partial charge in [0, 0.05) is 36.4 Å². The SMILES string of the molecule is Cc1sc(CNC2CC2)cc1S(=O)(=O)N(C)C. The van der Waals surface area contributed by atoms with Crippen molar-refractivity contribution in [3.05, 3.63) is 15.8 Å². The monoisotopic (exact) mass is 274 g/mol. The molecule has 0 unspecified atom stereocenters. The van der Waals surface area contributed by atoms with Crippen molar-refractivity contribution in [2.45, 2.75) is 37.2 Å². The minimum Gasteiger partial charge on any atom is -0.309 e. The van der Waals surface area contributed by atoms with Crippen LogP contribution in [0.4, 0.5) is 0 Å². The number of hydrogen-bond acceptors (Lipinski definition) is 4. The molecule has 1 aliphatic rings. The number of nitrogens with zero attached hydrogens (tertiary/aromatic N) is 1. The summed E-state index contributed by atoms with van der Waals surface area (Å²) < 4.78 is 25.3. The Hall–Kier alpha value is -0.430. The van der Waals surface area contributed by atoms with Crippen LogP contribution in [-0.4, -0.2) is 32.9 Å². The quantitative estimate of drug-likeness (QED) is 0.886. The Bertz CT molecular complexity index is 502. The van der Waals surface area contributed by atoms with Gasteiger partial charge in [-0.2, -0.15) is 0 Å². The molecule has 0 atom stereocenters. The maximum absolute atomic E-state index is 12.0. The lowest BCUT2D eigenvalue weighted by molar-refractivity contribution is 0.520. The fourth-order valence-electron chi connectivity index (χ4n) is 1.60. The van der Waals surface area contributed by atoms with Gasteiger partial charge in [-0.25, -0.2) is 12.7 Å². The second kappa shape index (κ2) is 4.68. The van der Waals surface area contributed by atoms with Gasteiger partial charge in [0.1, 0.15) is 0 Å². The molecule has 1 N–H and O–H groups in total. The van der Waals surface area contributed by atoms with E-state index >= 15 is 0 Å². The smallest absolute Gasteiger partial charge is 0.243 e. The largest absolute Gasteiger partial charge is 0.309 e. The van der Waals surface area contributed by atoms with Crippen LogP contribution in [0.1, 0.15) is 22.6 Å². The first-order valence-corrected chi connectivity index (χ1v) is 7.92. The maximum Gasteiger partial charge on any atom is 0.243 e. The van der Waals surface area contributed by atoms with E-state index < -0.39 is 10.0 Å². The van der Waals surface area contributed by atoms with Crippen molar-refractivity contribution >= 4 is 21.4 Å². The minimum atomic E-state index is -3.29. The number of aryl methyl sites for hydroxylation is 1. The summed E-state index contributed by atoms with van der Waals surface area (Å²) in [6, 6.07) is 2.44. The van der Waals surface area contributed by atoms with Gasteiger partial charge in [-0.1, -0.05) is 0 Å². The van der Waals surface area contributed by atoms with E-state index in [2.05, 4.69) is 5.32 Å². The zero-order chi connectivity index (χ0) is 12.6. The minimum absolute atomic E-state index is 0.445. The van der Waals surface area contributed by atoms with Gasteiger partial charge in [-0.05, 0) is 25.8 Å². The van der Waals surface area contributed by atoms with Gasteiger partial charge in [0.15, 0.2) is 0 Å². The number of nitrogens with one attached hydrogen (secondary N) is 1. The van der Waals surface area contributed by atoms with Crippen LogP contribution >= 0.6 is 11.3 Å². The Morgan fingerprint density at radius 3 is 2.65 bits per heavy atom. The van der Waals surface area contributed by atoms with Crippen LogP contribution < -0.4 is 5.32 Å². The Labute approximate surface area is 107 Å². The molecule has 1 aliphatic carbocycles. The predicted octanol–water partition coefficient (Wildman–Crippen LogP) is 1.56. The summed E-state index contributed by atoms with van der Waals surface area (Å²) in [6.45, 7) is 2.64. The Kier molecular flexibility index (Phi) is 3.58. The van der Waals surface area contributed by atoms with Gasteiger partial charge in [0.25, 0.3) is 0 Å². The molecule has 0 aliphatic heterocycles. The molecule has 1 saturated carbocycles. The van der Waals surface area contributed by atoms with Gasteiger partial charge in [0.2, 0.25) is 10.0 Å². The molecule has 0 amide bonds. The molecule has 0 saturated heterocycles. The third kappa shape index (κ3) is 2.88. The van der Waals surface area contributed by atoms with Crippen molar-refractivity contribution in [3.63, 3.8) is 0 Å². The Balaban J connectivity index is 2.17. The fourth-order valence-corrected chi connectivity index (χ4v) is 4.04. The van der Waals surface area contributed by atoms with Gasteiger partial charge >= 0.3 is 0 Å². The molecule has 1 aromatic rings. The number of rotatable bonds is 5. The zero-order valence-corrected chi connectivity index (χ0v) is 12.0. The van der Waals surface area contributed by atoms with E-state index in [1.165, 1.54) is 17.1 Å². The molecule has 6 heteroatoms. The first-order valence-electron chi connectivity index (χ1n) is 5.66. The Morgan fingerprint density at radius 1 is 1.47 bits per heavy atom. The van der Waals surface area contributed by atoms with E-state index in [0.29, 0.717) is 10.9 Å². The molecule has 1 fully saturated rings. The molecule has 1 aromatic heterocycles. The highest BCUT2D eigenvalue weighted by atomic mass is 32.2. The van der Waals surface area contributed by atoms with E-state index in [0.717, 1.165) is 16.3 Å². The first kappa shape index (κ1) is 13.0. The van der Waals surface area contributed by atoms with Crippen molar-refractivity contribution in [1.82, 2.24) is 9.62 Å². The molecule has 2 rings (SSSR count). The average Bonchev–Trinajstić information content (AvgIpc) is 2.98. The second-order valence-electron chi connectivity index (χ2n) is 4.58. The molecule has 0 aromatic carbocycles. The third-order valence-corrected chi connectivity index (χ3v) is 5.95. The van der Waals surface area contributed by atoms with Crippen LogP contribution in [0.25, 0.3) is 0 Å². The number of sulfonamides is 1. The molecule has 4 nitrogen and oxygen atoms in total. The second-order valence-corrected chi connectivity index (χ2v) is 8.04. The summed E-state index contributed by atoms with van der Waals surface area (Å²) in [5, 5.41) is 3.40. The van der Waals surface area contributed by atoms with Crippen molar-refractivity contribution in [2.24, 2.45) is 0 Å². The molecule has 96 valence electrons. The molecular formula is C11H18N2O2S2. The summed E-state index contributed by atoms with van der Waals surface area (Å²) in [5.74, 6) is 0. The topological polar surface area (TPSA) is 49.4 Å². The van der Waals surface area contributed by atoms with Gasteiger partial charge in [-0.3, -0.25) is 0 Å². The van der Waals surface area contributed by atoms with Crippen molar-refractivity contribution in [2.75, 3.05) is 14.1 Å². The number of thiophene rings is 1. The van der Waals surface area contributed by atoms with E-state index in [1.54, 1.807) is 31.5 Å². The first-order chi connectivity index (χ1) is 7.91.